The third kappa shape index (κ3) is 1.08. The molecule has 2 aliphatic heterocycles. The smallest absolute Gasteiger partial charge is 0.319 e. The van der Waals surface area contributed by atoms with Crippen LogP contribution in [0.2, 0.25) is 0 Å². The Bertz CT molecular complexity index is 259. The van der Waals surface area contributed by atoms with Gasteiger partial charge >= 0.3 is 5.97 Å². The molecule has 0 saturated carbocycles. The molecule has 2 heterocycles. The van der Waals surface area contributed by atoms with Crippen LogP contribution in [0.25, 0.3) is 0 Å². The van der Waals surface area contributed by atoms with Crippen molar-refractivity contribution in [2.45, 2.75) is 5.60 Å². The Morgan fingerprint density at radius 3 is 2.85 bits per heavy atom. The topological polar surface area (TPSA) is 64.6 Å². The van der Waals surface area contributed by atoms with Crippen LogP contribution in [0.3, 0.4) is 0 Å². The highest BCUT2D eigenvalue weighted by Crippen LogP contribution is 2.33. The number of hydrogen-bond donors (Lipinski definition) is 1. The van der Waals surface area contributed by atoms with Crippen molar-refractivity contribution in [1.29, 1.82) is 0 Å². The van der Waals surface area contributed by atoms with Gasteiger partial charge in [-0.1, -0.05) is 0 Å². The van der Waals surface area contributed by atoms with Crippen LogP contribution < -0.4 is 5.32 Å². The van der Waals surface area contributed by atoms with E-state index in [1.54, 1.807) is 0 Å². The van der Waals surface area contributed by atoms with Gasteiger partial charge in [-0.3, -0.25) is 9.59 Å². The van der Waals surface area contributed by atoms with Gasteiger partial charge in [0.15, 0.2) is 5.78 Å². The number of rotatable bonds is 1. The van der Waals surface area contributed by atoms with E-state index < -0.39 is 17.5 Å². The van der Waals surface area contributed by atoms with E-state index in [2.05, 4.69) is 10.1 Å². The number of nitrogens with one attached hydrogen (secondary N) is 1. The van der Waals surface area contributed by atoms with E-state index in [0.29, 0.717) is 13.1 Å². The predicted octanol–water partition coefficient (Wildman–Crippen LogP) is -1.28. The van der Waals surface area contributed by atoms with Crippen LogP contribution in [0, 0.1) is 5.92 Å². The fourth-order valence-corrected chi connectivity index (χ4v) is 1.82. The average molecular weight is 185 g/mol. The van der Waals surface area contributed by atoms with E-state index in [9.17, 15) is 9.59 Å². The highest BCUT2D eigenvalue weighted by molar-refractivity contribution is 6.02. The highest BCUT2D eigenvalue weighted by Gasteiger charge is 2.57. The lowest BCUT2D eigenvalue weighted by molar-refractivity contribution is -0.156. The average Bonchev–Trinajstić information content (AvgIpc) is 2.41. The fourth-order valence-electron chi connectivity index (χ4n) is 1.82. The SMILES string of the molecule is COC(=O)C1C(=O)COC12CNC2. The van der Waals surface area contributed by atoms with E-state index in [-0.39, 0.29) is 12.4 Å². The van der Waals surface area contributed by atoms with Crippen LogP contribution in [0.1, 0.15) is 0 Å². The van der Waals surface area contributed by atoms with E-state index in [1.165, 1.54) is 7.11 Å². The first kappa shape index (κ1) is 8.65. The number of hydrogen-bond acceptors (Lipinski definition) is 5. The highest BCUT2D eigenvalue weighted by atomic mass is 16.5. The molecule has 0 aromatic carbocycles. The molecule has 13 heavy (non-hydrogen) atoms. The zero-order valence-electron chi connectivity index (χ0n) is 7.33. The molecule has 0 aliphatic carbocycles. The van der Waals surface area contributed by atoms with Crippen molar-refractivity contribution in [3.05, 3.63) is 0 Å². The van der Waals surface area contributed by atoms with Crippen molar-refractivity contribution in [2.75, 3.05) is 26.8 Å². The van der Waals surface area contributed by atoms with Crippen LogP contribution in [-0.4, -0.2) is 44.2 Å². The maximum atomic E-state index is 11.3. The Kier molecular flexibility index (Phi) is 1.85. The van der Waals surface area contributed by atoms with Crippen LogP contribution in [0.4, 0.5) is 0 Å². The monoisotopic (exact) mass is 185 g/mol. The third-order valence-electron chi connectivity index (χ3n) is 2.64. The molecular weight excluding hydrogens is 174 g/mol. The van der Waals surface area contributed by atoms with Gasteiger partial charge in [0, 0.05) is 13.1 Å². The van der Waals surface area contributed by atoms with Crippen LogP contribution in [-0.2, 0) is 19.1 Å². The van der Waals surface area contributed by atoms with Gasteiger partial charge in [-0.05, 0) is 0 Å². The summed E-state index contributed by atoms with van der Waals surface area (Å²) in [7, 11) is 1.29. The molecule has 1 atom stereocenters. The van der Waals surface area contributed by atoms with E-state index in [0.717, 1.165) is 0 Å². The summed E-state index contributed by atoms with van der Waals surface area (Å²) in [4.78, 5) is 22.6. The molecule has 2 saturated heterocycles. The number of esters is 1. The second-order valence-corrected chi connectivity index (χ2v) is 3.38. The Hall–Kier alpha value is -0.940. The molecule has 0 bridgehead atoms. The zero-order chi connectivity index (χ0) is 9.47. The molecule has 0 amide bonds. The van der Waals surface area contributed by atoms with Gasteiger partial charge in [-0.2, -0.15) is 0 Å². The predicted molar refractivity (Wildman–Crippen MR) is 42.1 cm³/mol. The van der Waals surface area contributed by atoms with Gasteiger partial charge in [-0.15, -0.1) is 0 Å². The van der Waals surface area contributed by atoms with E-state index >= 15 is 0 Å². The first-order valence-corrected chi connectivity index (χ1v) is 4.15. The molecule has 2 fully saturated rings. The van der Waals surface area contributed by atoms with Crippen molar-refractivity contribution >= 4 is 11.8 Å². The minimum atomic E-state index is -0.723. The molecule has 0 aromatic heterocycles. The lowest BCUT2D eigenvalue weighted by Gasteiger charge is -2.40. The van der Waals surface area contributed by atoms with Gasteiger partial charge in [0.1, 0.15) is 18.1 Å². The molecule has 1 spiro atoms. The summed E-state index contributed by atoms with van der Waals surface area (Å²) < 4.78 is 9.88. The third-order valence-corrected chi connectivity index (χ3v) is 2.64. The molecule has 1 unspecified atom stereocenters. The minimum absolute atomic E-state index is 0.0292. The Labute approximate surface area is 75.4 Å². The molecule has 0 aromatic rings. The van der Waals surface area contributed by atoms with Crippen LogP contribution >= 0.6 is 0 Å². The molecule has 5 nitrogen and oxygen atoms in total. The van der Waals surface area contributed by atoms with E-state index in [4.69, 9.17) is 4.74 Å². The summed E-state index contributed by atoms with van der Waals surface area (Å²) >= 11 is 0. The van der Waals surface area contributed by atoms with Gasteiger partial charge in [-0.25, -0.2) is 0 Å². The summed E-state index contributed by atoms with van der Waals surface area (Å²) in [6.07, 6.45) is 0. The first-order valence-electron chi connectivity index (χ1n) is 4.15. The van der Waals surface area contributed by atoms with Crippen molar-refractivity contribution in [2.24, 2.45) is 5.92 Å². The van der Waals surface area contributed by atoms with Gasteiger partial charge in [0.25, 0.3) is 0 Å². The standard InChI is InChI=1S/C8H11NO4/c1-12-7(11)6-5(10)2-13-8(6)3-9-4-8/h6,9H,2-4H2,1H3. The van der Waals surface area contributed by atoms with Crippen molar-refractivity contribution in [3.63, 3.8) is 0 Å². The Morgan fingerprint density at radius 2 is 2.38 bits per heavy atom. The molecule has 5 heteroatoms. The molecule has 72 valence electrons. The van der Waals surface area contributed by atoms with Crippen molar-refractivity contribution < 1.29 is 19.1 Å². The van der Waals surface area contributed by atoms with Crippen molar-refractivity contribution in [3.8, 4) is 0 Å². The molecular formula is C8H11NO4. The number of ketones is 1. The molecule has 0 radical (unpaired) electrons. The number of ether oxygens (including phenoxy) is 2. The maximum absolute atomic E-state index is 11.3. The molecule has 2 rings (SSSR count). The minimum Gasteiger partial charge on any atom is -0.468 e. The summed E-state index contributed by atoms with van der Waals surface area (Å²) in [5.41, 5.74) is -0.607. The lowest BCUT2D eigenvalue weighted by Crippen LogP contribution is -2.64. The van der Waals surface area contributed by atoms with Gasteiger partial charge in [0.05, 0.1) is 7.11 Å². The summed E-state index contributed by atoms with van der Waals surface area (Å²) in [6.45, 7) is 1.14. The fraction of sp³-hybridized carbons (Fsp3) is 0.750. The van der Waals surface area contributed by atoms with E-state index in [1.807, 2.05) is 0 Å². The first-order chi connectivity index (χ1) is 6.19. The summed E-state index contributed by atoms with van der Waals surface area (Å²) in [5, 5.41) is 2.99. The number of carbonyl (C=O) groups excluding carboxylic acids is 2. The Balaban J connectivity index is 2.21. The number of carbonyl (C=O) groups is 2. The number of methoxy groups -OCH3 is 1. The normalized spacial score (nSPS) is 30.2. The lowest BCUT2D eigenvalue weighted by atomic mass is 9.82. The zero-order valence-corrected chi connectivity index (χ0v) is 7.33. The molecule has 2 aliphatic rings. The van der Waals surface area contributed by atoms with Crippen LogP contribution in [0.5, 0.6) is 0 Å². The Morgan fingerprint density at radius 1 is 1.69 bits per heavy atom. The second-order valence-electron chi connectivity index (χ2n) is 3.38. The van der Waals surface area contributed by atoms with Gasteiger partial charge < -0.3 is 14.8 Å². The van der Waals surface area contributed by atoms with Crippen LogP contribution in [0.15, 0.2) is 0 Å². The number of Topliss-reactive ketones (excluding diaryl/α,β-unsaturated/α-hetero) is 1. The quantitative estimate of drug-likeness (QED) is 0.407. The second kappa shape index (κ2) is 2.78. The summed E-state index contributed by atoms with van der Waals surface area (Å²) in [5.74, 6) is -1.38. The van der Waals surface area contributed by atoms with Crippen molar-refractivity contribution in [1.82, 2.24) is 5.32 Å². The molecule has 1 N–H and O–H groups in total. The largest absolute Gasteiger partial charge is 0.468 e. The maximum Gasteiger partial charge on any atom is 0.319 e. The van der Waals surface area contributed by atoms with Gasteiger partial charge in [0.2, 0.25) is 0 Å². The summed E-state index contributed by atoms with van der Waals surface area (Å²) in [6, 6.07) is 0.